The monoisotopic (exact) mass is 273 g/mol. The second-order valence-electron chi connectivity index (χ2n) is 5.86. The third-order valence-electron chi connectivity index (χ3n) is 4.15. The SMILES string of the molecule is CNC(COC(C)C)C1CCOC2(CCSC2)C1. The molecule has 2 fully saturated rings. The highest BCUT2D eigenvalue weighted by Crippen LogP contribution is 2.41. The number of hydrogen-bond donors (Lipinski definition) is 1. The van der Waals surface area contributed by atoms with Crippen LogP contribution in [0.5, 0.6) is 0 Å². The minimum Gasteiger partial charge on any atom is -0.377 e. The molecule has 3 atom stereocenters. The molecule has 0 radical (unpaired) electrons. The number of hydrogen-bond acceptors (Lipinski definition) is 4. The van der Waals surface area contributed by atoms with Gasteiger partial charge in [-0.3, -0.25) is 0 Å². The summed E-state index contributed by atoms with van der Waals surface area (Å²) in [7, 11) is 2.06. The first-order valence-corrected chi connectivity index (χ1v) is 8.31. The number of likely N-dealkylation sites (N-methyl/N-ethyl adjacent to an activating group) is 1. The second kappa shape index (κ2) is 6.60. The Morgan fingerprint density at radius 2 is 2.33 bits per heavy atom. The zero-order valence-electron chi connectivity index (χ0n) is 11.9. The van der Waals surface area contributed by atoms with Gasteiger partial charge in [0.05, 0.1) is 18.3 Å². The Labute approximate surface area is 115 Å². The van der Waals surface area contributed by atoms with Gasteiger partial charge in [-0.25, -0.2) is 0 Å². The van der Waals surface area contributed by atoms with Crippen molar-refractivity contribution < 1.29 is 9.47 Å². The molecule has 0 aromatic carbocycles. The van der Waals surface area contributed by atoms with E-state index in [0.717, 1.165) is 13.2 Å². The van der Waals surface area contributed by atoms with E-state index >= 15 is 0 Å². The van der Waals surface area contributed by atoms with Crippen LogP contribution in [0.4, 0.5) is 0 Å². The van der Waals surface area contributed by atoms with Gasteiger partial charge in [0, 0.05) is 18.4 Å². The van der Waals surface area contributed by atoms with E-state index in [1.165, 1.54) is 30.8 Å². The summed E-state index contributed by atoms with van der Waals surface area (Å²) >= 11 is 2.04. The first-order chi connectivity index (χ1) is 8.65. The minimum absolute atomic E-state index is 0.181. The van der Waals surface area contributed by atoms with Gasteiger partial charge < -0.3 is 14.8 Å². The van der Waals surface area contributed by atoms with E-state index in [2.05, 4.69) is 26.2 Å². The summed E-state index contributed by atoms with van der Waals surface area (Å²) in [6.07, 6.45) is 3.92. The van der Waals surface area contributed by atoms with Crippen LogP contribution in [-0.2, 0) is 9.47 Å². The van der Waals surface area contributed by atoms with E-state index in [-0.39, 0.29) is 5.60 Å². The molecule has 0 aliphatic carbocycles. The van der Waals surface area contributed by atoms with E-state index in [0.29, 0.717) is 18.1 Å². The first-order valence-electron chi connectivity index (χ1n) is 7.16. The van der Waals surface area contributed by atoms with Gasteiger partial charge in [-0.05, 0) is 51.8 Å². The van der Waals surface area contributed by atoms with Crippen molar-refractivity contribution in [3.05, 3.63) is 0 Å². The molecule has 3 unspecified atom stereocenters. The molecule has 3 nitrogen and oxygen atoms in total. The fourth-order valence-corrected chi connectivity index (χ4v) is 4.40. The van der Waals surface area contributed by atoms with Crippen molar-refractivity contribution in [1.82, 2.24) is 5.32 Å². The molecule has 2 aliphatic rings. The molecule has 0 saturated carbocycles. The predicted molar refractivity (Wildman–Crippen MR) is 77.3 cm³/mol. The van der Waals surface area contributed by atoms with Crippen LogP contribution in [0, 0.1) is 5.92 Å². The molecular formula is C14H27NO2S. The lowest BCUT2D eigenvalue weighted by Crippen LogP contribution is -2.48. The Bertz CT molecular complexity index is 254. The summed E-state index contributed by atoms with van der Waals surface area (Å²) < 4.78 is 11.9. The summed E-state index contributed by atoms with van der Waals surface area (Å²) in [5, 5.41) is 3.45. The van der Waals surface area contributed by atoms with Crippen molar-refractivity contribution in [1.29, 1.82) is 0 Å². The Balaban J connectivity index is 1.89. The van der Waals surface area contributed by atoms with Crippen LogP contribution in [0.25, 0.3) is 0 Å². The normalized spacial score (nSPS) is 34.3. The fraction of sp³-hybridized carbons (Fsp3) is 1.00. The summed E-state index contributed by atoms with van der Waals surface area (Å²) in [5.41, 5.74) is 0.181. The van der Waals surface area contributed by atoms with Gasteiger partial charge in [0.1, 0.15) is 0 Å². The second-order valence-corrected chi connectivity index (χ2v) is 6.97. The molecule has 0 aromatic rings. The van der Waals surface area contributed by atoms with Crippen LogP contribution < -0.4 is 5.32 Å². The Hall–Kier alpha value is 0.230. The van der Waals surface area contributed by atoms with Crippen LogP contribution >= 0.6 is 11.8 Å². The largest absolute Gasteiger partial charge is 0.377 e. The van der Waals surface area contributed by atoms with Crippen molar-refractivity contribution in [3.8, 4) is 0 Å². The molecule has 0 bridgehead atoms. The van der Waals surface area contributed by atoms with Crippen molar-refractivity contribution in [2.75, 3.05) is 31.8 Å². The van der Waals surface area contributed by atoms with Crippen LogP contribution in [-0.4, -0.2) is 49.5 Å². The summed E-state index contributed by atoms with van der Waals surface area (Å²) in [6, 6.07) is 0.471. The zero-order valence-corrected chi connectivity index (χ0v) is 12.7. The fourth-order valence-electron chi connectivity index (χ4n) is 3.02. The lowest BCUT2D eigenvalue weighted by Gasteiger charge is -2.41. The van der Waals surface area contributed by atoms with E-state index in [1.54, 1.807) is 0 Å². The Kier molecular flexibility index (Phi) is 5.36. The standard InChI is InChI=1S/C14H27NO2S/c1-11(2)16-9-13(15-3)12-4-6-17-14(8-12)5-7-18-10-14/h11-13,15H,4-10H2,1-3H3. The van der Waals surface area contributed by atoms with Crippen LogP contribution in [0.2, 0.25) is 0 Å². The Morgan fingerprint density at radius 1 is 1.50 bits per heavy atom. The van der Waals surface area contributed by atoms with Gasteiger partial charge in [0.25, 0.3) is 0 Å². The molecule has 2 saturated heterocycles. The molecule has 106 valence electrons. The predicted octanol–water partition coefficient (Wildman–Crippen LogP) is 2.30. The van der Waals surface area contributed by atoms with Crippen LogP contribution in [0.3, 0.4) is 0 Å². The molecule has 18 heavy (non-hydrogen) atoms. The summed E-state index contributed by atoms with van der Waals surface area (Å²) in [6.45, 7) is 5.95. The van der Waals surface area contributed by atoms with Gasteiger partial charge >= 0.3 is 0 Å². The molecule has 2 heterocycles. The lowest BCUT2D eigenvalue weighted by atomic mass is 9.81. The van der Waals surface area contributed by atoms with E-state index in [9.17, 15) is 0 Å². The third kappa shape index (κ3) is 3.62. The van der Waals surface area contributed by atoms with Crippen LogP contribution in [0.1, 0.15) is 33.1 Å². The van der Waals surface area contributed by atoms with Crippen LogP contribution in [0.15, 0.2) is 0 Å². The molecule has 1 spiro atoms. The average molecular weight is 273 g/mol. The molecule has 1 N–H and O–H groups in total. The summed E-state index contributed by atoms with van der Waals surface area (Å²) in [4.78, 5) is 0. The van der Waals surface area contributed by atoms with Crippen molar-refractivity contribution >= 4 is 11.8 Å². The maximum atomic E-state index is 6.09. The highest BCUT2D eigenvalue weighted by molar-refractivity contribution is 7.99. The Morgan fingerprint density at radius 3 is 2.94 bits per heavy atom. The van der Waals surface area contributed by atoms with E-state index in [4.69, 9.17) is 9.47 Å². The number of thioether (sulfide) groups is 1. The highest BCUT2D eigenvalue weighted by atomic mass is 32.2. The average Bonchev–Trinajstić information content (AvgIpc) is 2.78. The topological polar surface area (TPSA) is 30.5 Å². The lowest BCUT2D eigenvalue weighted by molar-refractivity contribution is -0.0905. The molecule has 0 amide bonds. The van der Waals surface area contributed by atoms with Crippen molar-refractivity contribution in [2.45, 2.75) is 50.9 Å². The van der Waals surface area contributed by atoms with E-state index in [1.807, 2.05) is 11.8 Å². The maximum Gasteiger partial charge on any atom is 0.0783 e. The minimum atomic E-state index is 0.181. The van der Waals surface area contributed by atoms with E-state index < -0.39 is 0 Å². The van der Waals surface area contributed by atoms with Gasteiger partial charge in [0.15, 0.2) is 0 Å². The van der Waals surface area contributed by atoms with Gasteiger partial charge in [-0.15, -0.1) is 0 Å². The first kappa shape index (κ1) is 14.6. The maximum absolute atomic E-state index is 6.09. The molecule has 2 rings (SSSR count). The van der Waals surface area contributed by atoms with Crippen molar-refractivity contribution in [2.24, 2.45) is 5.92 Å². The third-order valence-corrected chi connectivity index (χ3v) is 5.37. The molecule has 2 aliphatic heterocycles. The number of rotatable bonds is 5. The van der Waals surface area contributed by atoms with Gasteiger partial charge in [0.2, 0.25) is 0 Å². The number of nitrogens with one attached hydrogen (secondary N) is 1. The highest BCUT2D eigenvalue weighted by Gasteiger charge is 2.42. The molecular weight excluding hydrogens is 246 g/mol. The zero-order chi connectivity index (χ0) is 13.0. The smallest absolute Gasteiger partial charge is 0.0783 e. The summed E-state index contributed by atoms with van der Waals surface area (Å²) in [5.74, 6) is 3.14. The number of ether oxygens (including phenoxy) is 2. The molecule has 0 aromatic heterocycles. The van der Waals surface area contributed by atoms with Gasteiger partial charge in [-0.2, -0.15) is 11.8 Å². The quantitative estimate of drug-likeness (QED) is 0.832. The molecule has 4 heteroatoms. The van der Waals surface area contributed by atoms with Crippen molar-refractivity contribution in [3.63, 3.8) is 0 Å². The van der Waals surface area contributed by atoms with Gasteiger partial charge in [-0.1, -0.05) is 0 Å².